The topological polar surface area (TPSA) is 401 Å². The van der Waals surface area contributed by atoms with Crippen molar-refractivity contribution in [3.63, 3.8) is 0 Å². The molecule has 0 aromatic carbocycles. The first-order valence-corrected chi connectivity index (χ1v) is 15.8. The van der Waals surface area contributed by atoms with Crippen LogP contribution in [0.4, 0.5) is 0 Å². The summed E-state index contributed by atoms with van der Waals surface area (Å²) in [5, 5.41) is 140. The molecule has 3 heterocycles. The van der Waals surface area contributed by atoms with Crippen LogP contribution < -0.4 is 10.6 Å². The summed E-state index contributed by atoms with van der Waals surface area (Å²) in [6, 6.07) is -3.42. The molecule has 0 saturated carbocycles. The Morgan fingerprint density at radius 2 is 1.23 bits per heavy atom. The maximum absolute atomic E-state index is 12.7. The number of aliphatic hydroxyl groups excluding tert-OH is 11. The molecule has 0 radical (unpaired) electrons. The second-order valence-electron chi connectivity index (χ2n) is 12.7. The molecule has 24 nitrogen and oxygen atoms in total. The second kappa shape index (κ2) is 17.6. The number of carboxylic acid groups (broad SMARTS) is 2. The molecule has 17 atom stereocenters. The highest BCUT2D eigenvalue weighted by Crippen LogP contribution is 2.39. The molecule has 5 unspecified atom stereocenters. The van der Waals surface area contributed by atoms with Gasteiger partial charge in [-0.25, -0.2) is 9.59 Å². The van der Waals surface area contributed by atoms with E-state index in [1.54, 1.807) is 0 Å². The SMILES string of the molecule is CC(=O)N[C@@H]1[C@@H](O)C[C@](OC(CO)C(O)C2O[C@@](O[C@@H]3[C@@H](O)[C@H](O)O[C@H](CO)[C@@H]3O)(C(=O)O)C[C@H](O)[C@H]2NC(C)=O)(C(=O)O)O[C@H]1C(O)C(O)CO. The highest BCUT2D eigenvalue weighted by Gasteiger charge is 2.61. The minimum atomic E-state index is -3.17. The van der Waals surface area contributed by atoms with Gasteiger partial charge in [-0.1, -0.05) is 0 Å². The summed E-state index contributed by atoms with van der Waals surface area (Å²) in [4.78, 5) is 49.4. The van der Waals surface area contributed by atoms with Crippen LogP contribution in [0.1, 0.15) is 26.7 Å². The number of carbonyl (C=O) groups excluding carboxylic acids is 2. The van der Waals surface area contributed by atoms with Crippen molar-refractivity contribution in [1.29, 1.82) is 0 Å². The first kappa shape index (κ1) is 43.6. The Bertz CT molecular complexity index is 1260. The molecule has 0 spiro atoms. The van der Waals surface area contributed by atoms with Crippen molar-refractivity contribution in [3.05, 3.63) is 0 Å². The summed E-state index contributed by atoms with van der Waals surface area (Å²) >= 11 is 0. The monoisotopic (exact) mass is 762 g/mol. The van der Waals surface area contributed by atoms with Crippen LogP contribution in [-0.2, 0) is 42.9 Å². The van der Waals surface area contributed by atoms with E-state index in [1.165, 1.54) is 0 Å². The fourth-order valence-corrected chi connectivity index (χ4v) is 6.27. The first-order valence-electron chi connectivity index (χ1n) is 15.8. The number of aliphatic carboxylic acids is 2. The third kappa shape index (κ3) is 9.12. The molecule has 2 amide bonds. The van der Waals surface area contributed by atoms with Gasteiger partial charge in [-0.15, -0.1) is 0 Å². The van der Waals surface area contributed by atoms with Crippen LogP contribution >= 0.6 is 0 Å². The highest BCUT2D eigenvalue weighted by atomic mass is 16.8. The van der Waals surface area contributed by atoms with Crippen molar-refractivity contribution in [2.45, 2.75) is 130 Å². The Morgan fingerprint density at radius 1 is 0.750 bits per heavy atom. The number of ether oxygens (including phenoxy) is 5. The lowest BCUT2D eigenvalue weighted by atomic mass is 9.87. The predicted molar refractivity (Wildman–Crippen MR) is 159 cm³/mol. The second-order valence-corrected chi connectivity index (χ2v) is 12.7. The van der Waals surface area contributed by atoms with Gasteiger partial charge in [0.2, 0.25) is 11.8 Å². The third-order valence-electron chi connectivity index (χ3n) is 8.86. The molecule has 3 rings (SSSR count). The lowest BCUT2D eigenvalue weighted by molar-refractivity contribution is -0.371. The quantitative estimate of drug-likeness (QED) is 0.0736. The number of hydrogen-bond acceptors (Lipinski definition) is 20. The van der Waals surface area contributed by atoms with E-state index in [1.807, 2.05) is 0 Å². The van der Waals surface area contributed by atoms with Crippen molar-refractivity contribution in [2.75, 3.05) is 19.8 Å². The van der Waals surface area contributed by atoms with Gasteiger partial charge in [0, 0.05) is 26.7 Å². The van der Waals surface area contributed by atoms with Gasteiger partial charge in [-0.05, 0) is 0 Å². The van der Waals surface area contributed by atoms with Crippen LogP contribution in [0.3, 0.4) is 0 Å². The van der Waals surface area contributed by atoms with E-state index in [9.17, 15) is 85.6 Å². The van der Waals surface area contributed by atoms with E-state index >= 15 is 0 Å². The molecule has 15 N–H and O–H groups in total. The van der Waals surface area contributed by atoms with E-state index in [0.29, 0.717) is 0 Å². The third-order valence-corrected chi connectivity index (χ3v) is 8.86. The summed E-state index contributed by atoms with van der Waals surface area (Å²) in [7, 11) is 0. The number of aliphatic hydroxyl groups is 11. The van der Waals surface area contributed by atoms with Crippen LogP contribution in [0.2, 0.25) is 0 Å². The summed E-state index contributed by atoms with van der Waals surface area (Å²) in [5.74, 6) is -12.2. The average molecular weight is 763 g/mol. The maximum atomic E-state index is 12.7. The normalized spacial score (nSPS) is 40.5. The number of rotatable bonds is 15. The maximum Gasteiger partial charge on any atom is 0.364 e. The van der Waals surface area contributed by atoms with E-state index in [0.717, 1.165) is 13.8 Å². The first-order chi connectivity index (χ1) is 24.2. The molecule has 3 aliphatic rings. The number of amides is 2. The van der Waals surface area contributed by atoms with Crippen molar-refractivity contribution >= 4 is 23.8 Å². The number of nitrogens with one attached hydrogen (secondary N) is 2. The van der Waals surface area contributed by atoms with Crippen LogP contribution in [0.5, 0.6) is 0 Å². The van der Waals surface area contributed by atoms with E-state index in [2.05, 4.69) is 10.6 Å². The minimum absolute atomic E-state index is 0.806. The van der Waals surface area contributed by atoms with Gasteiger partial charge >= 0.3 is 11.9 Å². The fraction of sp³-hybridized carbons (Fsp3) is 0.857. The zero-order valence-corrected chi connectivity index (χ0v) is 27.7. The fourth-order valence-electron chi connectivity index (χ4n) is 6.27. The van der Waals surface area contributed by atoms with Crippen LogP contribution in [0, 0.1) is 0 Å². The summed E-state index contributed by atoms with van der Waals surface area (Å²) < 4.78 is 26.9. The lowest BCUT2D eigenvalue weighted by Gasteiger charge is -2.50. The van der Waals surface area contributed by atoms with Gasteiger partial charge in [0.15, 0.2) is 6.29 Å². The molecule has 300 valence electrons. The van der Waals surface area contributed by atoms with Crippen LogP contribution in [0.15, 0.2) is 0 Å². The van der Waals surface area contributed by atoms with Crippen molar-refractivity contribution in [1.82, 2.24) is 10.6 Å². The van der Waals surface area contributed by atoms with E-state index in [-0.39, 0.29) is 0 Å². The van der Waals surface area contributed by atoms with Crippen molar-refractivity contribution in [2.24, 2.45) is 0 Å². The number of hydrogen-bond donors (Lipinski definition) is 15. The number of carboxylic acids is 2. The van der Waals surface area contributed by atoms with E-state index < -0.39 is 160 Å². The van der Waals surface area contributed by atoms with Gasteiger partial charge < -0.3 is 101 Å². The molecular formula is C28H46N2O22. The molecule has 0 aromatic heterocycles. The Morgan fingerprint density at radius 3 is 1.67 bits per heavy atom. The highest BCUT2D eigenvalue weighted by molar-refractivity contribution is 5.77. The lowest BCUT2D eigenvalue weighted by Crippen LogP contribution is -2.71. The van der Waals surface area contributed by atoms with Gasteiger partial charge in [0.25, 0.3) is 11.6 Å². The minimum Gasteiger partial charge on any atom is -0.477 e. The largest absolute Gasteiger partial charge is 0.477 e. The summed E-state index contributed by atoms with van der Waals surface area (Å²) in [5.41, 5.74) is 0. The molecule has 0 aliphatic carbocycles. The Labute approximate surface area is 293 Å². The van der Waals surface area contributed by atoms with Crippen molar-refractivity contribution in [3.8, 4) is 0 Å². The van der Waals surface area contributed by atoms with Gasteiger partial charge in [0.1, 0.15) is 61.0 Å². The summed E-state index contributed by atoms with van der Waals surface area (Å²) in [6.07, 6.45) is -29.6. The number of carbonyl (C=O) groups is 4. The van der Waals surface area contributed by atoms with Crippen molar-refractivity contribution < 1.29 is 109 Å². The molecule has 24 heteroatoms. The molecule has 0 bridgehead atoms. The predicted octanol–water partition coefficient (Wildman–Crippen LogP) is -8.87. The Kier molecular flexibility index (Phi) is 14.8. The average Bonchev–Trinajstić information content (AvgIpc) is 3.07. The molecule has 3 saturated heterocycles. The zero-order valence-electron chi connectivity index (χ0n) is 27.7. The smallest absolute Gasteiger partial charge is 0.364 e. The molecule has 52 heavy (non-hydrogen) atoms. The Hall–Kier alpha value is -2.76. The molecule has 3 aliphatic heterocycles. The van der Waals surface area contributed by atoms with E-state index in [4.69, 9.17) is 23.7 Å². The van der Waals surface area contributed by atoms with Gasteiger partial charge in [-0.2, -0.15) is 0 Å². The van der Waals surface area contributed by atoms with Crippen LogP contribution in [-0.4, -0.2) is 213 Å². The summed E-state index contributed by atoms with van der Waals surface area (Å²) in [6.45, 7) is -1.49. The van der Waals surface area contributed by atoms with Gasteiger partial charge in [-0.3, -0.25) is 9.59 Å². The Balaban J connectivity index is 2.05. The molecule has 3 fully saturated rings. The zero-order chi connectivity index (χ0) is 39.5. The van der Waals surface area contributed by atoms with Crippen LogP contribution in [0.25, 0.3) is 0 Å². The molecular weight excluding hydrogens is 716 g/mol. The molecule has 0 aromatic rings. The standard InChI is InChI=1S/C28H46N2O22/c1-8(34)29-15-10(36)3-27(25(44)45,50-21(15)17(39)12(38)5-31)49-14(7-33)19(41)22-16(30-9(2)35)11(37)4-28(51-22,26(46)47)52-23-18(40)13(6-32)48-24(43)20(23)42/h10-24,31-33,36-43H,3-7H2,1-2H3,(H,29,34)(H,30,35)(H,44,45)(H,46,47)/t10-,11-,12?,13+,14?,15+,16+,17?,18-,19?,20+,21+,22?,23-,24+,27+,28-/m0/s1. The van der Waals surface area contributed by atoms with Gasteiger partial charge in [0.05, 0.1) is 44.1 Å².